The van der Waals surface area contributed by atoms with Gasteiger partial charge in [0.25, 0.3) is 0 Å². The molecule has 2 aromatic carbocycles. The zero-order valence-corrected chi connectivity index (χ0v) is 20.7. The van der Waals surface area contributed by atoms with Gasteiger partial charge in [0.2, 0.25) is 0 Å². The molecule has 1 fully saturated rings. The SMILES string of the molecule is CCCN1CCN(C(=NCc2cccc(OC)c2)Nc2cccc(C(=O)O)c2)CC1.O=C(O)C(F)(F)F. The van der Waals surface area contributed by atoms with Crippen LogP contribution in [-0.4, -0.2) is 83.9 Å². The number of carboxylic acid groups (broad SMARTS) is 2. The van der Waals surface area contributed by atoms with Crippen molar-refractivity contribution < 1.29 is 37.7 Å². The summed E-state index contributed by atoms with van der Waals surface area (Å²) in [4.78, 5) is 29.8. The lowest BCUT2D eigenvalue weighted by atomic mass is 10.2. The predicted molar refractivity (Wildman–Crippen MR) is 133 cm³/mol. The molecule has 0 atom stereocenters. The number of anilines is 1. The minimum absolute atomic E-state index is 0.250. The Balaban J connectivity index is 0.000000604. The second-order valence-electron chi connectivity index (χ2n) is 8.13. The monoisotopic (exact) mass is 524 g/mol. The molecule has 0 aromatic heterocycles. The molecule has 0 spiro atoms. The summed E-state index contributed by atoms with van der Waals surface area (Å²) in [5.41, 5.74) is 2.02. The summed E-state index contributed by atoms with van der Waals surface area (Å²) in [6.45, 7) is 7.55. The quantitative estimate of drug-likeness (QED) is 0.368. The van der Waals surface area contributed by atoms with E-state index >= 15 is 0 Å². The molecule has 9 nitrogen and oxygen atoms in total. The van der Waals surface area contributed by atoms with Crippen molar-refractivity contribution in [1.82, 2.24) is 9.80 Å². The van der Waals surface area contributed by atoms with Gasteiger partial charge in [-0.25, -0.2) is 14.6 Å². The van der Waals surface area contributed by atoms with E-state index in [4.69, 9.17) is 19.6 Å². The predicted octanol–water partition coefficient (Wildman–Crippen LogP) is 4.02. The number of methoxy groups -OCH3 is 1. The number of hydrogen-bond acceptors (Lipinski definition) is 5. The number of carbonyl (C=O) groups is 2. The van der Waals surface area contributed by atoms with Crippen LogP contribution in [0.15, 0.2) is 53.5 Å². The largest absolute Gasteiger partial charge is 0.497 e. The summed E-state index contributed by atoms with van der Waals surface area (Å²) in [7, 11) is 1.65. The number of piperazine rings is 1. The number of aliphatic imine (C=N–C) groups is 1. The van der Waals surface area contributed by atoms with Crippen molar-refractivity contribution in [3.8, 4) is 5.75 Å². The van der Waals surface area contributed by atoms with Crippen molar-refractivity contribution in [2.75, 3.05) is 45.2 Å². The molecular formula is C25H31F3N4O5. The molecule has 0 saturated carbocycles. The molecule has 3 rings (SSSR count). The topological polar surface area (TPSA) is 115 Å². The average Bonchev–Trinajstić information content (AvgIpc) is 2.87. The molecule has 202 valence electrons. The molecule has 1 saturated heterocycles. The number of alkyl halides is 3. The number of benzene rings is 2. The molecular weight excluding hydrogens is 493 g/mol. The Hall–Kier alpha value is -3.80. The first-order valence-corrected chi connectivity index (χ1v) is 11.6. The number of halogens is 3. The molecule has 2 aromatic rings. The maximum Gasteiger partial charge on any atom is 0.490 e. The van der Waals surface area contributed by atoms with E-state index in [1.807, 2.05) is 30.3 Å². The summed E-state index contributed by atoms with van der Waals surface area (Å²) in [5.74, 6) is -2.13. The van der Waals surface area contributed by atoms with Gasteiger partial charge < -0.3 is 25.2 Å². The second-order valence-corrected chi connectivity index (χ2v) is 8.13. The fourth-order valence-corrected chi connectivity index (χ4v) is 3.51. The Morgan fingerprint density at radius 1 is 1.05 bits per heavy atom. The van der Waals surface area contributed by atoms with Crippen LogP contribution < -0.4 is 10.1 Å². The van der Waals surface area contributed by atoms with E-state index in [2.05, 4.69) is 22.0 Å². The maximum atomic E-state index is 11.3. The van der Waals surface area contributed by atoms with Gasteiger partial charge in [0, 0.05) is 31.9 Å². The third-order valence-electron chi connectivity index (χ3n) is 5.37. The van der Waals surface area contributed by atoms with Gasteiger partial charge in [-0.15, -0.1) is 0 Å². The summed E-state index contributed by atoms with van der Waals surface area (Å²) < 4.78 is 37.0. The number of hydrogen-bond donors (Lipinski definition) is 3. The number of nitrogens with zero attached hydrogens (tertiary/aromatic N) is 3. The van der Waals surface area contributed by atoms with Gasteiger partial charge in [0.1, 0.15) is 5.75 Å². The van der Waals surface area contributed by atoms with E-state index in [0.717, 1.165) is 62.1 Å². The van der Waals surface area contributed by atoms with Gasteiger partial charge in [0.05, 0.1) is 19.2 Å². The van der Waals surface area contributed by atoms with Gasteiger partial charge >= 0.3 is 18.1 Å². The van der Waals surface area contributed by atoms with Crippen LogP contribution in [-0.2, 0) is 11.3 Å². The van der Waals surface area contributed by atoms with Crippen molar-refractivity contribution in [3.05, 3.63) is 59.7 Å². The molecule has 0 bridgehead atoms. The van der Waals surface area contributed by atoms with Crippen LogP contribution in [0.5, 0.6) is 5.75 Å². The molecule has 1 heterocycles. The molecule has 1 aliphatic heterocycles. The summed E-state index contributed by atoms with van der Waals surface area (Å²) in [5, 5.41) is 19.8. The Morgan fingerprint density at radius 2 is 1.70 bits per heavy atom. The first-order valence-electron chi connectivity index (χ1n) is 11.6. The van der Waals surface area contributed by atoms with E-state index in [-0.39, 0.29) is 5.56 Å². The highest BCUT2D eigenvalue weighted by Crippen LogP contribution is 2.16. The van der Waals surface area contributed by atoms with E-state index < -0.39 is 18.1 Å². The minimum Gasteiger partial charge on any atom is -0.497 e. The molecule has 0 unspecified atom stereocenters. The third kappa shape index (κ3) is 10.00. The molecule has 37 heavy (non-hydrogen) atoms. The van der Waals surface area contributed by atoms with Crippen LogP contribution in [0.1, 0.15) is 29.3 Å². The number of aliphatic carboxylic acids is 1. The van der Waals surface area contributed by atoms with Gasteiger partial charge in [-0.2, -0.15) is 13.2 Å². The first-order chi connectivity index (χ1) is 17.5. The Bertz CT molecular complexity index is 1070. The lowest BCUT2D eigenvalue weighted by Gasteiger charge is -2.36. The van der Waals surface area contributed by atoms with Crippen LogP contribution >= 0.6 is 0 Å². The number of nitrogens with one attached hydrogen (secondary N) is 1. The number of guanidine groups is 1. The lowest BCUT2D eigenvalue weighted by molar-refractivity contribution is -0.192. The number of aromatic carboxylic acids is 1. The lowest BCUT2D eigenvalue weighted by Crippen LogP contribution is -2.50. The van der Waals surface area contributed by atoms with Crippen LogP contribution in [0.25, 0.3) is 0 Å². The summed E-state index contributed by atoms with van der Waals surface area (Å²) >= 11 is 0. The highest BCUT2D eigenvalue weighted by atomic mass is 19.4. The van der Waals surface area contributed by atoms with Crippen LogP contribution in [0.3, 0.4) is 0 Å². The molecule has 0 amide bonds. The molecule has 1 aliphatic rings. The Morgan fingerprint density at radius 3 is 2.27 bits per heavy atom. The second kappa shape index (κ2) is 14.1. The minimum atomic E-state index is -5.08. The standard InChI is InChI=1S/C23H30N4O3.C2HF3O2/c1-3-10-26-11-13-27(14-12-26)23(24-17-18-6-4-9-21(15-18)30-2)25-20-8-5-7-19(16-20)22(28)29;3-2(4,5)1(6)7/h4-9,15-16H,3,10-14,17H2,1-2H3,(H,24,25)(H,28,29);(H,6,7). The summed E-state index contributed by atoms with van der Waals surface area (Å²) in [6.07, 6.45) is -3.93. The van der Waals surface area contributed by atoms with Crippen LogP contribution in [0.4, 0.5) is 18.9 Å². The maximum absolute atomic E-state index is 11.3. The third-order valence-corrected chi connectivity index (χ3v) is 5.37. The Kier molecular flexibility index (Phi) is 11.2. The van der Waals surface area contributed by atoms with Crippen molar-refractivity contribution in [3.63, 3.8) is 0 Å². The highest BCUT2D eigenvalue weighted by molar-refractivity contribution is 5.95. The van der Waals surface area contributed by atoms with Crippen LogP contribution in [0.2, 0.25) is 0 Å². The molecule has 0 radical (unpaired) electrons. The highest BCUT2D eigenvalue weighted by Gasteiger charge is 2.38. The Labute approximate surface area is 213 Å². The molecule has 0 aliphatic carbocycles. The van der Waals surface area contributed by atoms with Crippen molar-refractivity contribution in [1.29, 1.82) is 0 Å². The molecule has 3 N–H and O–H groups in total. The number of carboxylic acids is 2. The zero-order chi connectivity index (χ0) is 27.4. The van der Waals surface area contributed by atoms with E-state index in [9.17, 15) is 23.1 Å². The van der Waals surface area contributed by atoms with Gasteiger partial charge in [0.15, 0.2) is 5.96 Å². The van der Waals surface area contributed by atoms with E-state index in [0.29, 0.717) is 6.54 Å². The van der Waals surface area contributed by atoms with Crippen LogP contribution in [0, 0.1) is 0 Å². The van der Waals surface area contributed by atoms with Crippen molar-refractivity contribution in [2.45, 2.75) is 26.1 Å². The summed E-state index contributed by atoms with van der Waals surface area (Å²) in [6, 6.07) is 14.7. The van der Waals surface area contributed by atoms with Gasteiger partial charge in [-0.05, 0) is 48.9 Å². The van der Waals surface area contributed by atoms with Crippen molar-refractivity contribution >= 4 is 23.6 Å². The van der Waals surface area contributed by atoms with Gasteiger partial charge in [-0.1, -0.05) is 25.1 Å². The fraction of sp³-hybridized carbons (Fsp3) is 0.400. The smallest absolute Gasteiger partial charge is 0.490 e. The number of rotatable bonds is 7. The van der Waals surface area contributed by atoms with Gasteiger partial charge in [-0.3, -0.25) is 4.90 Å². The van der Waals surface area contributed by atoms with E-state index in [1.165, 1.54) is 0 Å². The fourth-order valence-electron chi connectivity index (χ4n) is 3.51. The zero-order valence-electron chi connectivity index (χ0n) is 20.7. The van der Waals surface area contributed by atoms with E-state index in [1.54, 1.807) is 25.3 Å². The first kappa shape index (κ1) is 29.4. The normalized spacial score (nSPS) is 14.4. The molecule has 12 heteroatoms. The number of ether oxygens (including phenoxy) is 1. The van der Waals surface area contributed by atoms with Crippen molar-refractivity contribution in [2.24, 2.45) is 4.99 Å². The average molecular weight is 525 g/mol.